The van der Waals surface area contributed by atoms with Crippen LogP contribution in [0, 0.1) is 6.92 Å². The van der Waals surface area contributed by atoms with Crippen molar-refractivity contribution in [3.8, 4) is 11.4 Å². The predicted octanol–water partition coefficient (Wildman–Crippen LogP) is 2.33. The van der Waals surface area contributed by atoms with Gasteiger partial charge < -0.3 is 10.3 Å². The van der Waals surface area contributed by atoms with Gasteiger partial charge in [0.15, 0.2) is 0 Å². The molecule has 0 fully saturated rings. The van der Waals surface area contributed by atoms with E-state index in [0.29, 0.717) is 18.3 Å². The first-order valence-electron chi connectivity index (χ1n) is 5.90. The third-order valence-electron chi connectivity index (χ3n) is 2.70. The van der Waals surface area contributed by atoms with Gasteiger partial charge in [0.05, 0.1) is 0 Å². The molecule has 0 radical (unpaired) electrons. The molecule has 1 aromatic carbocycles. The van der Waals surface area contributed by atoms with E-state index in [1.165, 1.54) is 0 Å². The van der Waals surface area contributed by atoms with Crippen LogP contribution in [0.5, 0.6) is 0 Å². The molecule has 0 spiro atoms. The van der Waals surface area contributed by atoms with Crippen LogP contribution in [0.25, 0.3) is 11.4 Å². The van der Waals surface area contributed by atoms with Crippen LogP contribution in [0.15, 0.2) is 28.8 Å². The fourth-order valence-electron chi connectivity index (χ4n) is 1.71. The van der Waals surface area contributed by atoms with Crippen molar-refractivity contribution in [3.63, 3.8) is 0 Å². The lowest BCUT2D eigenvalue weighted by molar-refractivity contribution is 0.375. The summed E-state index contributed by atoms with van der Waals surface area (Å²) in [6.07, 6.45) is 2.78. The third kappa shape index (κ3) is 2.91. The van der Waals surface area contributed by atoms with E-state index in [-0.39, 0.29) is 0 Å². The quantitative estimate of drug-likeness (QED) is 0.802. The summed E-state index contributed by atoms with van der Waals surface area (Å²) in [5, 5.41) is 4.01. The van der Waals surface area contributed by atoms with Crippen molar-refractivity contribution >= 4 is 0 Å². The van der Waals surface area contributed by atoms with E-state index in [1.807, 2.05) is 31.2 Å². The largest absolute Gasteiger partial charge is 0.339 e. The second-order valence-electron chi connectivity index (χ2n) is 4.07. The van der Waals surface area contributed by atoms with Gasteiger partial charge in [-0.3, -0.25) is 0 Å². The van der Waals surface area contributed by atoms with Crippen molar-refractivity contribution < 1.29 is 4.52 Å². The lowest BCUT2D eigenvalue weighted by Crippen LogP contribution is -1.99. The molecule has 0 bridgehead atoms. The van der Waals surface area contributed by atoms with Crippen molar-refractivity contribution in [3.05, 3.63) is 35.7 Å². The van der Waals surface area contributed by atoms with Crippen molar-refractivity contribution in [2.24, 2.45) is 5.73 Å². The summed E-state index contributed by atoms with van der Waals surface area (Å²) in [6, 6.07) is 8.03. The van der Waals surface area contributed by atoms with Gasteiger partial charge in [-0.05, 0) is 31.9 Å². The summed E-state index contributed by atoms with van der Waals surface area (Å²) in [7, 11) is 0. The Hall–Kier alpha value is -1.68. The molecule has 0 atom stereocenters. The zero-order valence-electron chi connectivity index (χ0n) is 10.0. The number of hydrogen-bond acceptors (Lipinski definition) is 4. The SMILES string of the molecule is Cc1ccccc1-c1noc(CCCCN)n1. The minimum absolute atomic E-state index is 0.672. The van der Waals surface area contributed by atoms with Gasteiger partial charge in [0.1, 0.15) is 0 Å². The Balaban J connectivity index is 2.10. The fraction of sp³-hybridized carbons (Fsp3) is 0.385. The average molecular weight is 231 g/mol. The molecule has 4 heteroatoms. The van der Waals surface area contributed by atoms with E-state index in [0.717, 1.165) is 30.4 Å². The number of hydrogen-bond donors (Lipinski definition) is 1. The van der Waals surface area contributed by atoms with Crippen molar-refractivity contribution in [2.75, 3.05) is 6.54 Å². The Morgan fingerprint density at radius 1 is 1.24 bits per heavy atom. The van der Waals surface area contributed by atoms with Crippen LogP contribution >= 0.6 is 0 Å². The number of nitrogens with two attached hydrogens (primary N) is 1. The van der Waals surface area contributed by atoms with Gasteiger partial charge in [-0.2, -0.15) is 4.98 Å². The lowest BCUT2D eigenvalue weighted by Gasteiger charge is -1.98. The van der Waals surface area contributed by atoms with Crippen LogP contribution < -0.4 is 5.73 Å². The van der Waals surface area contributed by atoms with Gasteiger partial charge in [-0.15, -0.1) is 0 Å². The summed E-state index contributed by atoms with van der Waals surface area (Å²) in [5.41, 5.74) is 7.63. The summed E-state index contributed by atoms with van der Waals surface area (Å²) >= 11 is 0. The highest BCUT2D eigenvalue weighted by Gasteiger charge is 2.09. The molecule has 0 amide bonds. The van der Waals surface area contributed by atoms with E-state index in [1.54, 1.807) is 0 Å². The molecule has 17 heavy (non-hydrogen) atoms. The minimum Gasteiger partial charge on any atom is -0.339 e. The van der Waals surface area contributed by atoms with Crippen LogP contribution in [-0.2, 0) is 6.42 Å². The maximum absolute atomic E-state index is 5.44. The molecule has 0 aliphatic carbocycles. The highest BCUT2D eigenvalue weighted by atomic mass is 16.5. The molecule has 4 nitrogen and oxygen atoms in total. The zero-order chi connectivity index (χ0) is 12.1. The maximum atomic E-state index is 5.44. The maximum Gasteiger partial charge on any atom is 0.226 e. The van der Waals surface area contributed by atoms with Crippen LogP contribution in [-0.4, -0.2) is 16.7 Å². The summed E-state index contributed by atoms with van der Waals surface area (Å²) < 4.78 is 5.22. The van der Waals surface area contributed by atoms with Crippen LogP contribution in [0.1, 0.15) is 24.3 Å². The third-order valence-corrected chi connectivity index (χ3v) is 2.70. The molecular formula is C13H17N3O. The molecule has 0 aliphatic heterocycles. The molecule has 2 rings (SSSR count). The van der Waals surface area contributed by atoms with Crippen molar-refractivity contribution in [2.45, 2.75) is 26.2 Å². The van der Waals surface area contributed by atoms with Crippen LogP contribution in [0.3, 0.4) is 0 Å². The van der Waals surface area contributed by atoms with E-state index in [2.05, 4.69) is 10.1 Å². The molecular weight excluding hydrogens is 214 g/mol. The number of nitrogens with zero attached hydrogens (tertiary/aromatic N) is 2. The Morgan fingerprint density at radius 3 is 2.82 bits per heavy atom. The second-order valence-corrected chi connectivity index (χ2v) is 4.07. The molecule has 1 aromatic heterocycles. The lowest BCUT2D eigenvalue weighted by atomic mass is 10.1. The van der Waals surface area contributed by atoms with E-state index in [9.17, 15) is 0 Å². The molecule has 2 aromatic rings. The standard InChI is InChI=1S/C13H17N3O/c1-10-6-2-3-7-11(10)13-15-12(17-16-13)8-4-5-9-14/h2-3,6-7H,4-5,8-9,14H2,1H3. The number of benzene rings is 1. The van der Waals surface area contributed by atoms with Crippen LogP contribution in [0.4, 0.5) is 0 Å². The molecule has 1 heterocycles. The molecule has 0 unspecified atom stereocenters. The summed E-state index contributed by atoms with van der Waals surface area (Å²) in [4.78, 5) is 4.39. The van der Waals surface area contributed by atoms with Gasteiger partial charge in [-0.1, -0.05) is 29.4 Å². The number of aromatic nitrogens is 2. The number of unbranched alkanes of at least 4 members (excludes halogenated alkanes) is 1. The molecule has 0 saturated heterocycles. The van der Waals surface area contributed by atoms with E-state index >= 15 is 0 Å². The van der Waals surface area contributed by atoms with Crippen molar-refractivity contribution in [1.82, 2.24) is 10.1 Å². The Bertz CT molecular complexity index is 479. The first-order chi connectivity index (χ1) is 8.31. The van der Waals surface area contributed by atoms with Gasteiger partial charge in [0.2, 0.25) is 11.7 Å². The normalized spacial score (nSPS) is 10.7. The molecule has 90 valence electrons. The number of aryl methyl sites for hydroxylation is 2. The topological polar surface area (TPSA) is 64.9 Å². The zero-order valence-corrected chi connectivity index (χ0v) is 10.0. The number of rotatable bonds is 5. The van der Waals surface area contributed by atoms with Gasteiger partial charge in [-0.25, -0.2) is 0 Å². The Kier molecular flexibility index (Phi) is 3.88. The summed E-state index contributed by atoms with van der Waals surface area (Å²) in [6.45, 7) is 2.75. The molecule has 2 N–H and O–H groups in total. The fourth-order valence-corrected chi connectivity index (χ4v) is 1.71. The first-order valence-corrected chi connectivity index (χ1v) is 5.90. The van der Waals surface area contributed by atoms with Gasteiger partial charge >= 0.3 is 0 Å². The predicted molar refractivity (Wildman–Crippen MR) is 66.5 cm³/mol. The highest BCUT2D eigenvalue weighted by molar-refractivity contribution is 5.58. The monoisotopic (exact) mass is 231 g/mol. The Morgan fingerprint density at radius 2 is 2.06 bits per heavy atom. The first kappa shape index (κ1) is 11.8. The average Bonchev–Trinajstić information content (AvgIpc) is 2.79. The second kappa shape index (κ2) is 5.59. The summed E-state index contributed by atoms with van der Waals surface area (Å²) in [5.74, 6) is 1.36. The van der Waals surface area contributed by atoms with Crippen molar-refractivity contribution in [1.29, 1.82) is 0 Å². The molecule has 0 saturated carbocycles. The van der Waals surface area contributed by atoms with Gasteiger partial charge in [0.25, 0.3) is 0 Å². The van der Waals surface area contributed by atoms with Crippen LogP contribution in [0.2, 0.25) is 0 Å². The van der Waals surface area contributed by atoms with Gasteiger partial charge in [0, 0.05) is 12.0 Å². The van der Waals surface area contributed by atoms with E-state index in [4.69, 9.17) is 10.3 Å². The van der Waals surface area contributed by atoms with E-state index < -0.39 is 0 Å². The Labute approximate surface area is 101 Å². The smallest absolute Gasteiger partial charge is 0.226 e. The highest BCUT2D eigenvalue weighted by Crippen LogP contribution is 2.20. The minimum atomic E-state index is 0.672. The molecule has 0 aliphatic rings.